The van der Waals surface area contributed by atoms with Gasteiger partial charge in [0.15, 0.2) is 0 Å². The van der Waals surface area contributed by atoms with Crippen molar-refractivity contribution in [1.29, 1.82) is 0 Å². The summed E-state index contributed by atoms with van der Waals surface area (Å²) in [5.74, 6) is 0. The van der Waals surface area contributed by atoms with Gasteiger partial charge in [-0.15, -0.1) is 0 Å². The van der Waals surface area contributed by atoms with Crippen LogP contribution in [0.2, 0.25) is 0 Å². The second-order valence-electron chi connectivity index (χ2n) is 0. The van der Waals surface area contributed by atoms with E-state index in [1.807, 2.05) is 0 Å². The average Bonchev–Trinajstić information content (AvgIpc) is 0. The average molecular weight is 307 g/mol. The Balaban J connectivity index is 0. The molecule has 0 atom stereocenters. The van der Waals surface area contributed by atoms with Crippen LogP contribution in [-0.2, 0) is 59.5 Å². The SMILES string of the molecule is [Ni+2].[O-2].[O-2].[O-2].[O-2].[W]. The first-order valence-corrected chi connectivity index (χ1v) is 0. The first-order chi connectivity index (χ1) is 0. The molecule has 0 N–H and O–H groups in total. The molecule has 6 heavy (non-hydrogen) atoms. The maximum absolute atomic E-state index is 0. The minimum Gasteiger partial charge on any atom is -2.00 e. The van der Waals surface area contributed by atoms with Crippen molar-refractivity contribution in [1.82, 2.24) is 0 Å². The standard InChI is InChI=1S/Ni.4O.W/q+2;4*-2;. The topological polar surface area (TPSA) is 114 Å². The van der Waals surface area contributed by atoms with Crippen molar-refractivity contribution in [3.05, 3.63) is 0 Å². The van der Waals surface area contributed by atoms with Crippen molar-refractivity contribution < 1.29 is 59.5 Å². The van der Waals surface area contributed by atoms with Gasteiger partial charge in [-0.2, -0.15) is 0 Å². The molecule has 0 aromatic heterocycles. The summed E-state index contributed by atoms with van der Waals surface area (Å²) in [4.78, 5) is 0. The zero-order valence-electron chi connectivity index (χ0n) is 2.36. The van der Waals surface area contributed by atoms with Gasteiger partial charge in [0.25, 0.3) is 0 Å². The van der Waals surface area contributed by atoms with Gasteiger partial charge < -0.3 is 21.9 Å². The van der Waals surface area contributed by atoms with Crippen molar-refractivity contribution in [2.24, 2.45) is 0 Å². The van der Waals surface area contributed by atoms with Crippen LogP contribution < -0.4 is 0 Å². The predicted molar refractivity (Wildman–Crippen MR) is 2.75 cm³/mol. The van der Waals surface area contributed by atoms with Crippen LogP contribution in [0.5, 0.6) is 0 Å². The molecule has 0 aliphatic carbocycles. The molecule has 0 aromatic rings. The summed E-state index contributed by atoms with van der Waals surface area (Å²) in [6.07, 6.45) is 0. The van der Waals surface area contributed by atoms with Crippen LogP contribution in [0.25, 0.3) is 0 Å². The summed E-state index contributed by atoms with van der Waals surface area (Å²) in [6.45, 7) is 0. The Hall–Kier alpha value is 1.02. The molecule has 0 amide bonds. The van der Waals surface area contributed by atoms with Crippen LogP contribution in [0.15, 0.2) is 0 Å². The minimum absolute atomic E-state index is 0. The van der Waals surface area contributed by atoms with E-state index in [1.54, 1.807) is 0 Å². The van der Waals surface area contributed by atoms with Gasteiger partial charge in [-0.25, -0.2) is 0 Å². The quantitative estimate of drug-likeness (QED) is 0.538. The molecule has 0 spiro atoms. The molecule has 46 valence electrons. The van der Waals surface area contributed by atoms with Crippen LogP contribution in [-0.4, -0.2) is 0 Å². The molecule has 0 rings (SSSR count). The molecule has 0 aliphatic rings. The van der Waals surface area contributed by atoms with E-state index in [1.165, 1.54) is 0 Å². The van der Waals surface area contributed by atoms with Crippen molar-refractivity contribution in [2.75, 3.05) is 0 Å². The van der Waals surface area contributed by atoms with Gasteiger partial charge in [-0.05, 0) is 0 Å². The smallest absolute Gasteiger partial charge is 2.00 e. The summed E-state index contributed by atoms with van der Waals surface area (Å²) in [7, 11) is 0. The third-order valence-corrected chi connectivity index (χ3v) is 0. The van der Waals surface area contributed by atoms with E-state index in [2.05, 4.69) is 0 Å². The van der Waals surface area contributed by atoms with Crippen LogP contribution >= 0.6 is 0 Å². The molecular weight excluding hydrogens is 307 g/mol. The zero-order chi connectivity index (χ0) is 0. The van der Waals surface area contributed by atoms with Gasteiger partial charge in [0.1, 0.15) is 0 Å². The van der Waals surface area contributed by atoms with Crippen LogP contribution in [0.3, 0.4) is 0 Å². The number of hydrogen-bond acceptors (Lipinski definition) is 0. The third-order valence-electron chi connectivity index (χ3n) is 0. The molecule has 0 aromatic carbocycles. The zero-order valence-corrected chi connectivity index (χ0v) is 6.28. The molecule has 0 saturated carbocycles. The largest absolute Gasteiger partial charge is 2.00 e. The second-order valence-corrected chi connectivity index (χ2v) is 0. The number of hydrogen-bond donors (Lipinski definition) is 0. The molecule has 6 heteroatoms. The van der Waals surface area contributed by atoms with E-state index in [-0.39, 0.29) is 59.5 Å². The van der Waals surface area contributed by atoms with E-state index in [0.29, 0.717) is 0 Å². The van der Waals surface area contributed by atoms with Crippen molar-refractivity contribution in [3.63, 3.8) is 0 Å². The molecule has 0 saturated heterocycles. The Morgan fingerprint density at radius 3 is 0.500 bits per heavy atom. The molecule has 0 radical (unpaired) electrons. The summed E-state index contributed by atoms with van der Waals surface area (Å²) in [5.41, 5.74) is 0. The first-order valence-electron chi connectivity index (χ1n) is 0. The van der Waals surface area contributed by atoms with Gasteiger partial charge in [-0.1, -0.05) is 0 Å². The van der Waals surface area contributed by atoms with Crippen LogP contribution in [0.1, 0.15) is 0 Å². The molecule has 4 nitrogen and oxygen atoms in total. The molecule has 0 aliphatic heterocycles. The molecule has 0 bridgehead atoms. The summed E-state index contributed by atoms with van der Waals surface area (Å²) in [6, 6.07) is 0. The fourth-order valence-corrected chi connectivity index (χ4v) is 0. The summed E-state index contributed by atoms with van der Waals surface area (Å²) < 4.78 is 0. The normalized spacial score (nSPS) is 0. The molecule has 0 fully saturated rings. The van der Waals surface area contributed by atoms with Crippen molar-refractivity contribution in [3.8, 4) is 0 Å². The maximum atomic E-state index is 0. The molecular formula is NiO4W-6. The van der Waals surface area contributed by atoms with Crippen molar-refractivity contribution >= 4 is 0 Å². The van der Waals surface area contributed by atoms with E-state index in [4.69, 9.17) is 0 Å². The maximum Gasteiger partial charge on any atom is 2.00 e. The van der Waals surface area contributed by atoms with Gasteiger partial charge in [0.2, 0.25) is 0 Å². The summed E-state index contributed by atoms with van der Waals surface area (Å²) >= 11 is 0. The fraction of sp³-hybridized carbons (Fsp3) is 0. The first kappa shape index (κ1) is 244. The second kappa shape index (κ2) is 145. The van der Waals surface area contributed by atoms with Gasteiger partial charge in [0.05, 0.1) is 0 Å². The van der Waals surface area contributed by atoms with E-state index in [0.717, 1.165) is 0 Å². The van der Waals surface area contributed by atoms with Gasteiger partial charge in [-0.3, -0.25) is 0 Å². The van der Waals surface area contributed by atoms with E-state index >= 15 is 0 Å². The van der Waals surface area contributed by atoms with Gasteiger partial charge in [0, 0.05) is 21.1 Å². The van der Waals surface area contributed by atoms with E-state index < -0.39 is 0 Å². The number of rotatable bonds is 0. The monoisotopic (exact) mass is 306 g/mol. The van der Waals surface area contributed by atoms with Crippen LogP contribution in [0.4, 0.5) is 0 Å². The minimum atomic E-state index is 0. The third kappa shape index (κ3) is 77.8. The Morgan fingerprint density at radius 1 is 0.500 bits per heavy atom. The Bertz CT molecular complexity index is 7.51. The fourth-order valence-electron chi connectivity index (χ4n) is 0. The summed E-state index contributed by atoms with van der Waals surface area (Å²) in [5, 5.41) is 0. The Morgan fingerprint density at radius 2 is 0.500 bits per heavy atom. The Kier molecular flexibility index (Phi) is 5910. The van der Waals surface area contributed by atoms with Crippen LogP contribution in [0, 0.1) is 0 Å². The Labute approximate surface area is 59.7 Å². The van der Waals surface area contributed by atoms with Crippen molar-refractivity contribution in [2.45, 2.75) is 0 Å². The molecule has 0 heterocycles. The van der Waals surface area contributed by atoms with E-state index in [9.17, 15) is 0 Å². The molecule has 0 unspecified atom stereocenters. The predicted octanol–water partition coefficient (Wildman–Crippen LogP) is -0.480. The van der Waals surface area contributed by atoms with Gasteiger partial charge >= 0.3 is 16.5 Å².